The fourth-order valence-corrected chi connectivity index (χ4v) is 1.63. The summed E-state index contributed by atoms with van der Waals surface area (Å²) < 4.78 is 10.2. The van der Waals surface area contributed by atoms with Gasteiger partial charge in [-0.1, -0.05) is 11.6 Å². The number of aromatic nitrogens is 1. The number of carbonyl (C=O) groups excluding carboxylic acids is 1. The van der Waals surface area contributed by atoms with Gasteiger partial charge in [0.2, 0.25) is 5.88 Å². The first-order chi connectivity index (χ1) is 9.11. The molecule has 0 aliphatic heterocycles. The predicted octanol–water partition coefficient (Wildman–Crippen LogP) is 2.90. The minimum absolute atomic E-state index is 0.128. The third-order valence-corrected chi connectivity index (χ3v) is 2.59. The maximum Gasteiger partial charge on any atom is 0.343 e. The van der Waals surface area contributed by atoms with Crippen LogP contribution < -0.4 is 10.5 Å². The summed E-state index contributed by atoms with van der Waals surface area (Å²) in [6, 6.07) is 7.96. The first-order valence-corrected chi connectivity index (χ1v) is 5.76. The van der Waals surface area contributed by atoms with Gasteiger partial charge < -0.3 is 15.2 Å². The topological polar surface area (TPSA) is 74.4 Å². The number of esters is 1. The zero-order valence-corrected chi connectivity index (χ0v) is 10.8. The minimum Gasteiger partial charge on any atom is -0.465 e. The number of halogens is 1. The van der Waals surface area contributed by atoms with Gasteiger partial charge in [0.05, 0.1) is 12.8 Å². The number of anilines is 1. The molecule has 98 valence electrons. The molecule has 1 aromatic heterocycles. The van der Waals surface area contributed by atoms with Crippen LogP contribution in [0.25, 0.3) is 0 Å². The lowest BCUT2D eigenvalue weighted by molar-refractivity contribution is 0.0597. The number of pyridine rings is 1. The Morgan fingerprint density at radius 2 is 2.16 bits per heavy atom. The zero-order valence-electron chi connectivity index (χ0n) is 10.1. The van der Waals surface area contributed by atoms with Crippen molar-refractivity contribution in [2.45, 2.75) is 0 Å². The number of nitrogens with two attached hydrogens (primary N) is 1. The van der Waals surface area contributed by atoms with Gasteiger partial charge in [0.15, 0.2) is 5.75 Å². The summed E-state index contributed by atoms with van der Waals surface area (Å²) >= 11 is 5.80. The van der Waals surface area contributed by atoms with Crippen LogP contribution in [0.5, 0.6) is 11.6 Å². The van der Waals surface area contributed by atoms with Crippen molar-refractivity contribution >= 4 is 23.3 Å². The van der Waals surface area contributed by atoms with E-state index in [1.807, 2.05) is 0 Å². The summed E-state index contributed by atoms with van der Waals surface area (Å²) in [6.45, 7) is 0. The van der Waals surface area contributed by atoms with E-state index in [0.29, 0.717) is 16.5 Å². The molecule has 0 fully saturated rings. The van der Waals surface area contributed by atoms with E-state index in [0.717, 1.165) is 0 Å². The number of rotatable bonds is 3. The summed E-state index contributed by atoms with van der Waals surface area (Å²) in [4.78, 5) is 15.6. The van der Waals surface area contributed by atoms with E-state index in [-0.39, 0.29) is 11.4 Å². The second-order valence-electron chi connectivity index (χ2n) is 3.63. The van der Waals surface area contributed by atoms with Crippen LogP contribution in [0, 0.1) is 0 Å². The highest BCUT2D eigenvalue weighted by Gasteiger charge is 2.15. The largest absolute Gasteiger partial charge is 0.465 e. The molecule has 0 saturated heterocycles. The highest BCUT2D eigenvalue weighted by molar-refractivity contribution is 6.30. The Morgan fingerprint density at radius 3 is 2.84 bits per heavy atom. The van der Waals surface area contributed by atoms with E-state index in [1.54, 1.807) is 30.3 Å². The monoisotopic (exact) mass is 278 g/mol. The van der Waals surface area contributed by atoms with Crippen LogP contribution in [-0.4, -0.2) is 18.1 Å². The third-order valence-electron chi connectivity index (χ3n) is 2.35. The second-order valence-corrected chi connectivity index (χ2v) is 4.07. The molecule has 19 heavy (non-hydrogen) atoms. The number of benzene rings is 1. The molecule has 0 aliphatic rings. The standard InChI is InChI=1S/C13H11ClN2O3/c1-18-13(17)9-3-2-6-16-12(9)19-11-5-4-8(14)7-10(11)15/h2-7H,15H2,1H3. The Morgan fingerprint density at radius 1 is 1.37 bits per heavy atom. The van der Waals surface area contributed by atoms with Crippen molar-refractivity contribution in [2.24, 2.45) is 0 Å². The van der Waals surface area contributed by atoms with Crippen LogP contribution >= 0.6 is 11.6 Å². The summed E-state index contributed by atoms with van der Waals surface area (Å²) in [5.41, 5.74) is 6.35. The van der Waals surface area contributed by atoms with Crippen molar-refractivity contribution in [1.82, 2.24) is 4.98 Å². The van der Waals surface area contributed by atoms with Gasteiger partial charge in [-0.05, 0) is 30.3 Å². The molecule has 0 saturated carbocycles. The van der Waals surface area contributed by atoms with E-state index in [1.165, 1.54) is 13.3 Å². The first-order valence-electron chi connectivity index (χ1n) is 5.38. The quantitative estimate of drug-likeness (QED) is 0.690. The number of nitrogens with zero attached hydrogens (tertiary/aromatic N) is 1. The van der Waals surface area contributed by atoms with Gasteiger partial charge in [-0.3, -0.25) is 0 Å². The maximum absolute atomic E-state index is 11.6. The number of nitrogen functional groups attached to an aromatic ring is 1. The van der Waals surface area contributed by atoms with Crippen molar-refractivity contribution in [1.29, 1.82) is 0 Å². The Labute approximate surface area is 114 Å². The molecule has 6 heteroatoms. The summed E-state index contributed by atoms with van der Waals surface area (Å²) in [5.74, 6) is -0.0349. The molecule has 0 atom stereocenters. The van der Waals surface area contributed by atoms with Crippen LogP contribution in [0.1, 0.15) is 10.4 Å². The summed E-state index contributed by atoms with van der Waals surface area (Å²) in [7, 11) is 1.29. The van der Waals surface area contributed by atoms with Gasteiger partial charge in [-0.15, -0.1) is 0 Å². The SMILES string of the molecule is COC(=O)c1cccnc1Oc1ccc(Cl)cc1N. The van der Waals surface area contributed by atoms with Gasteiger partial charge >= 0.3 is 5.97 Å². The molecule has 0 aliphatic carbocycles. The Kier molecular flexibility index (Phi) is 3.87. The number of carbonyl (C=O) groups is 1. The fourth-order valence-electron chi connectivity index (χ4n) is 1.45. The smallest absolute Gasteiger partial charge is 0.343 e. The minimum atomic E-state index is -0.532. The highest BCUT2D eigenvalue weighted by Crippen LogP contribution is 2.30. The van der Waals surface area contributed by atoms with Crippen molar-refractivity contribution < 1.29 is 14.3 Å². The fraction of sp³-hybridized carbons (Fsp3) is 0.0769. The first kappa shape index (κ1) is 13.2. The molecule has 1 heterocycles. The van der Waals surface area contributed by atoms with E-state index >= 15 is 0 Å². The average Bonchev–Trinajstić information content (AvgIpc) is 2.41. The molecule has 2 N–H and O–H groups in total. The van der Waals surface area contributed by atoms with Crippen LogP contribution in [0.3, 0.4) is 0 Å². The molecular formula is C13H11ClN2O3. The highest BCUT2D eigenvalue weighted by atomic mass is 35.5. The van der Waals surface area contributed by atoms with E-state index in [9.17, 15) is 4.79 Å². The second kappa shape index (κ2) is 5.58. The normalized spacial score (nSPS) is 10.0. The lowest BCUT2D eigenvalue weighted by Gasteiger charge is -2.10. The van der Waals surface area contributed by atoms with E-state index in [4.69, 9.17) is 22.1 Å². The molecule has 1 aromatic carbocycles. The molecule has 0 unspecified atom stereocenters. The number of methoxy groups -OCH3 is 1. The summed E-state index contributed by atoms with van der Waals surface area (Å²) in [5, 5.41) is 0.499. The lowest BCUT2D eigenvalue weighted by atomic mass is 10.2. The molecule has 2 rings (SSSR count). The lowest BCUT2D eigenvalue weighted by Crippen LogP contribution is -2.05. The summed E-state index contributed by atoms with van der Waals surface area (Å²) in [6.07, 6.45) is 1.51. The zero-order chi connectivity index (χ0) is 13.8. The number of hydrogen-bond donors (Lipinski definition) is 1. The molecule has 0 spiro atoms. The molecule has 0 radical (unpaired) electrons. The Hall–Kier alpha value is -2.27. The molecular weight excluding hydrogens is 268 g/mol. The number of ether oxygens (including phenoxy) is 2. The van der Waals surface area contributed by atoms with Crippen LogP contribution in [0.4, 0.5) is 5.69 Å². The molecule has 0 bridgehead atoms. The maximum atomic E-state index is 11.6. The van der Waals surface area contributed by atoms with Crippen LogP contribution in [0.2, 0.25) is 5.02 Å². The van der Waals surface area contributed by atoms with Gasteiger partial charge in [0.1, 0.15) is 5.56 Å². The van der Waals surface area contributed by atoms with Crippen molar-refractivity contribution in [3.8, 4) is 11.6 Å². The van der Waals surface area contributed by atoms with Crippen molar-refractivity contribution in [2.75, 3.05) is 12.8 Å². The van der Waals surface area contributed by atoms with E-state index in [2.05, 4.69) is 9.72 Å². The van der Waals surface area contributed by atoms with Gasteiger partial charge in [-0.25, -0.2) is 9.78 Å². The number of hydrogen-bond acceptors (Lipinski definition) is 5. The van der Waals surface area contributed by atoms with Crippen molar-refractivity contribution in [3.63, 3.8) is 0 Å². The van der Waals surface area contributed by atoms with E-state index < -0.39 is 5.97 Å². The molecule has 0 amide bonds. The molecule has 5 nitrogen and oxygen atoms in total. The van der Waals surface area contributed by atoms with Gasteiger partial charge in [0, 0.05) is 11.2 Å². The van der Waals surface area contributed by atoms with Gasteiger partial charge in [-0.2, -0.15) is 0 Å². The van der Waals surface area contributed by atoms with Gasteiger partial charge in [0.25, 0.3) is 0 Å². The van der Waals surface area contributed by atoms with Crippen molar-refractivity contribution in [3.05, 3.63) is 47.1 Å². The molecule has 2 aromatic rings. The van der Waals surface area contributed by atoms with Crippen LogP contribution in [-0.2, 0) is 4.74 Å². The Bertz CT molecular complexity index is 617. The third kappa shape index (κ3) is 2.95. The Balaban J connectivity index is 2.35. The average molecular weight is 279 g/mol. The predicted molar refractivity (Wildman–Crippen MR) is 71.5 cm³/mol. The van der Waals surface area contributed by atoms with Crippen LogP contribution in [0.15, 0.2) is 36.5 Å².